The molecule has 0 radical (unpaired) electrons. The first-order chi connectivity index (χ1) is 8.15. The first kappa shape index (κ1) is 16.7. The molecule has 0 amide bonds. The molecule has 2 aliphatic carbocycles. The van der Waals surface area contributed by atoms with Gasteiger partial charge in [-0.3, -0.25) is 0 Å². The second-order valence-electron chi connectivity index (χ2n) is 4.59. The minimum atomic E-state index is 0. The molecule has 2 heterocycles. The fourth-order valence-corrected chi connectivity index (χ4v) is 7.09. The van der Waals surface area contributed by atoms with Gasteiger partial charge in [-0.25, -0.2) is 0 Å². The Balaban J connectivity index is 0.000000667. The largest absolute Gasteiger partial charge is 1.00 e. The van der Waals surface area contributed by atoms with Gasteiger partial charge in [-0.1, -0.05) is 0 Å². The van der Waals surface area contributed by atoms with Crippen LogP contribution in [0.25, 0.3) is 0 Å². The van der Waals surface area contributed by atoms with Crippen molar-refractivity contribution in [1.29, 1.82) is 0 Å². The number of rotatable bonds is 1. The predicted octanol–water partition coefficient (Wildman–Crippen LogP) is -1.23. The molecule has 6 heteroatoms. The van der Waals surface area contributed by atoms with Crippen LogP contribution in [0.3, 0.4) is 0 Å². The van der Waals surface area contributed by atoms with Crippen LogP contribution in [0.2, 0.25) is 0 Å². The molecule has 0 aromatic rings. The Kier molecular flexibility index (Phi) is 5.15. The molecule has 4 rings (SSSR count). The number of allylic oxidation sites excluding steroid dienone is 5. The number of hydrogen-bond donors (Lipinski definition) is 0. The zero-order valence-corrected chi connectivity index (χ0v) is 17.1. The summed E-state index contributed by atoms with van der Waals surface area (Å²) >= 11 is 9.31. The summed E-state index contributed by atoms with van der Waals surface area (Å²) < 4.78 is 2.99. The number of halogens is 3. The van der Waals surface area contributed by atoms with E-state index in [-0.39, 0.29) is 24.8 Å². The average molecular weight is 470 g/mol. The molecule has 0 N–H and O–H groups in total. The van der Waals surface area contributed by atoms with E-state index in [0.717, 1.165) is 0 Å². The van der Waals surface area contributed by atoms with E-state index in [1.54, 1.807) is 43.4 Å². The van der Waals surface area contributed by atoms with Crippen LogP contribution >= 0.6 is 39.5 Å². The van der Waals surface area contributed by atoms with Crippen LogP contribution in [0.1, 0.15) is 13.3 Å². The maximum absolute atomic E-state index is 3.77. The SMILES string of the molecule is CC1=CC2SC(Br)=C(C3=C4SC4=[C]([Zr+2])C3)C2=C1.[Cl-].[Cl-]. The predicted molar refractivity (Wildman–Crippen MR) is 75.4 cm³/mol. The third-order valence-electron chi connectivity index (χ3n) is 3.39. The maximum Gasteiger partial charge on any atom is -1.00 e. The summed E-state index contributed by atoms with van der Waals surface area (Å²) in [6.07, 6.45) is 5.94. The summed E-state index contributed by atoms with van der Waals surface area (Å²) in [6, 6.07) is 0. The van der Waals surface area contributed by atoms with Gasteiger partial charge in [-0.2, -0.15) is 0 Å². The fourth-order valence-electron chi connectivity index (χ4n) is 2.61. The average Bonchev–Trinajstić information content (AvgIpc) is 2.79. The quantitative estimate of drug-likeness (QED) is 0.441. The molecule has 2 aliphatic heterocycles. The normalized spacial score (nSPS) is 26.8. The topological polar surface area (TPSA) is 0 Å². The van der Waals surface area contributed by atoms with E-state index in [4.69, 9.17) is 0 Å². The van der Waals surface area contributed by atoms with Crippen LogP contribution in [0.4, 0.5) is 0 Å². The van der Waals surface area contributed by atoms with Crippen LogP contribution in [0, 0.1) is 0 Å². The van der Waals surface area contributed by atoms with E-state index < -0.39 is 0 Å². The molecule has 1 saturated heterocycles. The van der Waals surface area contributed by atoms with Gasteiger partial charge in [0, 0.05) is 0 Å². The van der Waals surface area contributed by atoms with Crippen molar-refractivity contribution in [1.82, 2.24) is 0 Å². The van der Waals surface area contributed by atoms with Gasteiger partial charge in [0.1, 0.15) is 0 Å². The minimum Gasteiger partial charge on any atom is -1.00 e. The van der Waals surface area contributed by atoms with E-state index in [0.29, 0.717) is 5.25 Å². The van der Waals surface area contributed by atoms with Crippen molar-refractivity contribution in [2.75, 3.05) is 0 Å². The zero-order valence-electron chi connectivity index (χ0n) is 9.89. The summed E-state index contributed by atoms with van der Waals surface area (Å²) in [5.74, 6) is 0. The summed E-state index contributed by atoms with van der Waals surface area (Å²) in [5.41, 5.74) is 6.04. The summed E-state index contributed by atoms with van der Waals surface area (Å²) in [7, 11) is 0. The van der Waals surface area contributed by atoms with E-state index in [1.807, 2.05) is 23.5 Å². The van der Waals surface area contributed by atoms with Gasteiger partial charge in [0.15, 0.2) is 0 Å². The Morgan fingerprint density at radius 3 is 2.63 bits per heavy atom. The Morgan fingerprint density at radius 1 is 1.32 bits per heavy atom. The smallest absolute Gasteiger partial charge is 1.00 e. The van der Waals surface area contributed by atoms with Crippen molar-refractivity contribution in [3.63, 3.8) is 0 Å². The molecular formula is C13H8BrCl2S2Zr. The first-order valence-electron chi connectivity index (χ1n) is 5.48. The van der Waals surface area contributed by atoms with Crippen LogP contribution in [0.15, 0.2) is 51.4 Å². The molecular weight excluding hydrogens is 462 g/mol. The van der Waals surface area contributed by atoms with E-state index >= 15 is 0 Å². The van der Waals surface area contributed by atoms with Crippen LogP contribution in [0.5, 0.6) is 0 Å². The van der Waals surface area contributed by atoms with Crippen LogP contribution in [-0.4, -0.2) is 5.25 Å². The first-order valence-corrected chi connectivity index (χ1v) is 9.20. The molecule has 0 saturated carbocycles. The molecule has 0 aromatic carbocycles. The Labute approximate surface area is 157 Å². The second-order valence-corrected chi connectivity index (χ2v) is 9.57. The van der Waals surface area contributed by atoms with Crippen molar-refractivity contribution in [3.8, 4) is 0 Å². The third-order valence-corrected chi connectivity index (χ3v) is 8.00. The maximum atomic E-state index is 3.77. The molecule has 1 atom stereocenters. The van der Waals surface area contributed by atoms with Crippen LogP contribution < -0.4 is 24.8 Å². The van der Waals surface area contributed by atoms with Crippen molar-refractivity contribution < 1.29 is 49.5 Å². The standard InChI is InChI=1S/C13H8BrS2.2ClH.Zr/c1-6-4-8-10(5-6)16-13(14)11(8)7-2-3-9-12(7)15-9;;;/h4-5,10H,2H2,1H3;2*1H;/q;;;+2/p-2. The summed E-state index contributed by atoms with van der Waals surface area (Å²) in [5, 5.41) is 0.563. The molecule has 0 bridgehead atoms. The number of fused-ring (bicyclic) bond motifs is 2. The Morgan fingerprint density at radius 2 is 2.05 bits per heavy atom. The van der Waals surface area contributed by atoms with Gasteiger partial charge in [0.2, 0.25) is 0 Å². The molecule has 0 nitrogen and oxygen atoms in total. The summed E-state index contributed by atoms with van der Waals surface area (Å²) in [4.78, 5) is 3.18. The number of hydrogen-bond acceptors (Lipinski definition) is 2. The van der Waals surface area contributed by atoms with Crippen molar-refractivity contribution in [2.24, 2.45) is 0 Å². The molecule has 4 aliphatic rings. The molecule has 97 valence electrons. The van der Waals surface area contributed by atoms with E-state index in [2.05, 4.69) is 35.0 Å². The molecule has 1 unspecified atom stereocenters. The Bertz CT molecular complexity index is 629. The third kappa shape index (κ3) is 2.60. The second kappa shape index (κ2) is 5.85. The number of thioether (sulfide) groups is 2. The molecule has 0 aromatic heterocycles. The van der Waals surface area contributed by atoms with Gasteiger partial charge in [-0.05, 0) is 0 Å². The van der Waals surface area contributed by atoms with Gasteiger partial charge in [0.25, 0.3) is 0 Å². The monoisotopic (exact) mass is 467 g/mol. The van der Waals surface area contributed by atoms with Crippen molar-refractivity contribution >= 4 is 39.5 Å². The molecule has 0 spiro atoms. The Hall–Kier alpha value is 1.34. The minimum absolute atomic E-state index is 0. The van der Waals surface area contributed by atoms with E-state index in [1.165, 1.54) is 27.0 Å². The molecule has 1 fully saturated rings. The van der Waals surface area contributed by atoms with Crippen LogP contribution in [-0.2, 0) is 24.7 Å². The van der Waals surface area contributed by atoms with Crippen molar-refractivity contribution in [2.45, 2.75) is 18.6 Å². The molecule has 19 heavy (non-hydrogen) atoms. The van der Waals surface area contributed by atoms with Crippen molar-refractivity contribution in [3.05, 3.63) is 51.4 Å². The van der Waals surface area contributed by atoms with Gasteiger partial charge >= 0.3 is 134 Å². The van der Waals surface area contributed by atoms with Gasteiger partial charge < -0.3 is 24.8 Å². The van der Waals surface area contributed by atoms with Gasteiger partial charge in [0.05, 0.1) is 0 Å². The fraction of sp³-hybridized carbons (Fsp3) is 0.231. The summed E-state index contributed by atoms with van der Waals surface area (Å²) in [6.45, 7) is 2.20. The van der Waals surface area contributed by atoms with E-state index in [9.17, 15) is 0 Å². The van der Waals surface area contributed by atoms with Gasteiger partial charge in [-0.15, -0.1) is 0 Å². The zero-order chi connectivity index (χ0) is 11.7.